The predicted molar refractivity (Wildman–Crippen MR) is 111 cm³/mol. The molecule has 0 aliphatic carbocycles. The Labute approximate surface area is 165 Å². The van der Waals surface area contributed by atoms with Crippen LogP contribution in [0.2, 0.25) is 0 Å². The number of hydrogen-bond acceptors (Lipinski definition) is 4. The molecule has 7 heteroatoms. The molecule has 2 heterocycles. The van der Waals surface area contributed by atoms with Crippen LogP contribution in [0.15, 0.2) is 27.0 Å². The lowest BCUT2D eigenvalue weighted by molar-refractivity contribution is 0.368. The minimum atomic E-state index is 0. The van der Waals surface area contributed by atoms with Crippen molar-refractivity contribution in [1.29, 1.82) is 0 Å². The van der Waals surface area contributed by atoms with Gasteiger partial charge < -0.3 is 15.2 Å². The standard InChI is InChI=1S/C17H26N4OS.HI/c1-5-13(6-2)15-9-14(22-21-15)10-19-17(18-4)20-11-16-12(3)7-8-23-16;/h7-9,13H,5-6,10-11H2,1-4H3,(H2,18,19,20);1H. The second-order valence-corrected chi connectivity index (χ2v) is 6.54. The maximum atomic E-state index is 5.42. The Morgan fingerprint density at radius 3 is 2.58 bits per heavy atom. The van der Waals surface area contributed by atoms with Gasteiger partial charge in [0.1, 0.15) is 0 Å². The van der Waals surface area contributed by atoms with Crippen molar-refractivity contribution < 1.29 is 4.52 Å². The molecule has 0 bridgehead atoms. The fourth-order valence-electron chi connectivity index (χ4n) is 2.45. The Bertz CT molecular complexity index is 634. The van der Waals surface area contributed by atoms with Crippen molar-refractivity contribution in [1.82, 2.24) is 15.8 Å². The molecule has 0 radical (unpaired) electrons. The quantitative estimate of drug-likeness (QED) is 0.363. The highest BCUT2D eigenvalue weighted by molar-refractivity contribution is 14.0. The zero-order valence-corrected chi connectivity index (χ0v) is 17.9. The average Bonchev–Trinajstić information content (AvgIpc) is 3.18. The third-order valence-corrected chi connectivity index (χ3v) is 5.04. The third kappa shape index (κ3) is 5.77. The Balaban J connectivity index is 0.00000288. The van der Waals surface area contributed by atoms with Crippen molar-refractivity contribution in [2.24, 2.45) is 4.99 Å². The summed E-state index contributed by atoms with van der Waals surface area (Å²) < 4.78 is 5.42. The number of hydrogen-bond donors (Lipinski definition) is 2. The van der Waals surface area contributed by atoms with Gasteiger partial charge in [-0.15, -0.1) is 35.3 Å². The topological polar surface area (TPSA) is 62.5 Å². The van der Waals surface area contributed by atoms with Gasteiger partial charge in [-0.25, -0.2) is 0 Å². The van der Waals surface area contributed by atoms with E-state index >= 15 is 0 Å². The molecule has 0 aromatic carbocycles. The average molecular weight is 462 g/mol. The van der Waals surface area contributed by atoms with Crippen molar-refractivity contribution in [3.8, 4) is 0 Å². The van der Waals surface area contributed by atoms with Gasteiger partial charge in [-0.2, -0.15) is 0 Å². The molecule has 2 rings (SSSR count). The molecule has 0 aliphatic rings. The summed E-state index contributed by atoms with van der Waals surface area (Å²) in [6.07, 6.45) is 2.17. The van der Waals surface area contributed by atoms with Crippen molar-refractivity contribution >= 4 is 41.3 Å². The minimum absolute atomic E-state index is 0. The van der Waals surface area contributed by atoms with E-state index in [1.807, 2.05) is 6.07 Å². The lowest BCUT2D eigenvalue weighted by atomic mass is 9.99. The molecule has 0 aliphatic heterocycles. The number of aryl methyl sites for hydroxylation is 1. The summed E-state index contributed by atoms with van der Waals surface area (Å²) in [5.41, 5.74) is 2.35. The summed E-state index contributed by atoms with van der Waals surface area (Å²) >= 11 is 1.75. The van der Waals surface area contributed by atoms with E-state index in [0.29, 0.717) is 12.5 Å². The number of halogens is 1. The molecule has 0 spiro atoms. The summed E-state index contributed by atoms with van der Waals surface area (Å²) in [5.74, 6) is 2.08. The largest absolute Gasteiger partial charge is 0.359 e. The summed E-state index contributed by atoms with van der Waals surface area (Å²) in [7, 11) is 1.77. The normalized spacial score (nSPS) is 11.5. The number of nitrogens with zero attached hydrogens (tertiary/aromatic N) is 2. The van der Waals surface area contributed by atoms with Gasteiger partial charge in [-0.05, 0) is 36.8 Å². The van der Waals surface area contributed by atoms with E-state index in [-0.39, 0.29) is 24.0 Å². The molecule has 5 nitrogen and oxygen atoms in total. The summed E-state index contributed by atoms with van der Waals surface area (Å²) in [5, 5.41) is 12.9. The number of guanidine groups is 1. The van der Waals surface area contributed by atoms with Gasteiger partial charge in [0.15, 0.2) is 11.7 Å². The van der Waals surface area contributed by atoms with Crippen LogP contribution in [0.1, 0.15) is 54.5 Å². The second-order valence-electron chi connectivity index (χ2n) is 5.54. The predicted octanol–water partition coefficient (Wildman–Crippen LogP) is 4.43. The van der Waals surface area contributed by atoms with Crippen molar-refractivity contribution in [2.45, 2.75) is 52.6 Å². The number of rotatable bonds is 7. The fraction of sp³-hybridized carbons (Fsp3) is 0.529. The Kier molecular flexibility index (Phi) is 9.35. The van der Waals surface area contributed by atoms with Crippen molar-refractivity contribution in [3.05, 3.63) is 39.4 Å². The molecule has 0 unspecified atom stereocenters. The monoisotopic (exact) mass is 462 g/mol. The lowest BCUT2D eigenvalue weighted by Crippen LogP contribution is -2.36. The number of aliphatic imine (C=N–C) groups is 1. The highest BCUT2D eigenvalue weighted by Gasteiger charge is 2.13. The first-order chi connectivity index (χ1) is 11.2. The Morgan fingerprint density at radius 2 is 2.00 bits per heavy atom. The molecule has 2 N–H and O–H groups in total. The smallest absolute Gasteiger partial charge is 0.191 e. The van der Waals surface area contributed by atoms with E-state index in [1.165, 1.54) is 10.4 Å². The maximum Gasteiger partial charge on any atom is 0.191 e. The molecule has 0 atom stereocenters. The van der Waals surface area contributed by atoms with Gasteiger partial charge in [0.25, 0.3) is 0 Å². The van der Waals surface area contributed by atoms with Crippen molar-refractivity contribution in [2.75, 3.05) is 7.05 Å². The van der Waals surface area contributed by atoms with E-state index in [4.69, 9.17) is 4.52 Å². The first kappa shape index (κ1) is 21.0. The molecule has 2 aromatic rings. The molecule has 0 saturated heterocycles. The molecular weight excluding hydrogens is 435 g/mol. The number of aromatic nitrogens is 1. The van der Waals surface area contributed by atoms with Crippen LogP contribution in [-0.4, -0.2) is 18.2 Å². The van der Waals surface area contributed by atoms with E-state index in [2.05, 4.69) is 53.0 Å². The van der Waals surface area contributed by atoms with Crippen LogP contribution in [0, 0.1) is 6.92 Å². The van der Waals surface area contributed by atoms with E-state index in [1.54, 1.807) is 18.4 Å². The zero-order valence-electron chi connectivity index (χ0n) is 14.8. The molecule has 2 aromatic heterocycles. The first-order valence-electron chi connectivity index (χ1n) is 8.10. The number of thiophene rings is 1. The fourth-order valence-corrected chi connectivity index (χ4v) is 3.30. The zero-order chi connectivity index (χ0) is 16.7. The van der Waals surface area contributed by atoms with Gasteiger partial charge in [-0.1, -0.05) is 19.0 Å². The highest BCUT2D eigenvalue weighted by Crippen LogP contribution is 2.22. The maximum absolute atomic E-state index is 5.42. The van der Waals surface area contributed by atoms with Gasteiger partial charge in [0.2, 0.25) is 0 Å². The van der Waals surface area contributed by atoms with E-state index < -0.39 is 0 Å². The van der Waals surface area contributed by atoms with Gasteiger partial charge in [0.05, 0.1) is 18.8 Å². The van der Waals surface area contributed by atoms with Gasteiger partial charge in [-0.3, -0.25) is 4.99 Å². The van der Waals surface area contributed by atoms with Crippen LogP contribution < -0.4 is 10.6 Å². The van der Waals surface area contributed by atoms with Crippen LogP contribution in [-0.2, 0) is 13.1 Å². The second kappa shape index (κ2) is 10.7. The van der Waals surface area contributed by atoms with Crippen LogP contribution in [0.4, 0.5) is 0 Å². The number of nitrogens with one attached hydrogen (secondary N) is 2. The molecule has 0 saturated carbocycles. The molecule has 134 valence electrons. The Morgan fingerprint density at radius 1 is 1.29 bits per heavy atom. The molecule has 0 fully saturated rings. The summed E-state index contributed by atoms with van der Waals surface area (Å²) in [6.45, 7) is 7.84. The third-order valence-electron chi connectivity index (χ3n) is 4.02. The van der Waals surface area contributed by atoms with Gasteiger partial charge in [0, 0.05) is 23.9 Å². The van der Waals surface area contributed by atoms with Crippen LogP contribution >= 0.6 is 35.3 Å². The van der Waals surface area contributed by atoms with Gasteiger partial charge >= 0.3 is 0 Å². The molecule has 24 heavy (non-hydrogen) atoms. The van der Waals surface area contributed by atoms with Crippen LogP contribution in [0.25, 0.3) is 0 Å². The minimum Gasteiger partial charge on any atom is -0.359 e. The summed E-state index contributed by atoms with van der Waals surface area (Å²) in [4.78, 5) is 5.57. The SMILES string of the molecule is CCC(CC)c1cc(CNC(=NC)NCc2sccc2C)on1.I. The van der Waals surface area contributed by atoms with E-state index in [0.717, 1.165) is 36.8 Å². The summed E-state index contributed by atoms with van der Waals surface area (Å²) in [6, 6.07) is 4.17. The van der Waals surface area contributed by atoms with E-state index in [9.17, 15) is 0 Å². The first-order valence-corrected chi connectivity index (χ1v) is 8.98. The van der Waals surface area contributed by atoms with Crippen molar-refractivity contribution in [3.63, 3.8) is 0 Å². The highest BCUT2D eigenvalue weighted by atomic mass is 127. The Hall–Kier alpha value is -1.09. The molecule has 0 amide bonds. The van der Waals surface area contributed by atoms with Crippen LogP contribution in [0.5, 0.6) is 0 Å². The molecular formula is C17H27IN4OS. The lowest BCUT2D eigenvalue weighted by Gasteiger charge is -2.10. The van der Waals surface area contributed by atoms with Crippen LogP contribution in [0.3, 0.4) is 0 Å².